The predicted molar refractivity (Wildman–Crippen MR) is 84.4 cm³/mol. The Balaban J connectivity index is 1.77. The lowest BCUT2D eigenvalue weighted by atomic mass is 10.0. The monoisotopic (exact) mass is 320 g/mol. The van der Waals surface area contributed by atoms with E-state index in [9.17, 15) is 8.42 Å². The van der Waals surface area contributed by atoms with Crippen LogP contribution in [0, 0.1) is 0 Å². The Kier molecular flexibility index (Phi) is 4.28. The third-order valence-electron chi connectivity index (χ3n) is 3.84. The fraction of sp³-hybridized carbons (Fsp3) is 0.400. The molecule has 0 spiro atoms. The number of hydrogen-bond donors (Lipinski definition) is 2. The molecule has 2 unspecified atom stereocenters. The minimum atomic E-state index is -3.53. The lowest BCUT2D eigenvalue weighted by Gasteiger charge is -2.28. The maximum atomic E-state index is 12.5. The number of hydrogen-bond acceptors (Lipinski definition) is 4. The van der Waals surface area contributed by atoms with Gasteiger partial charge in [0, 0.05) is 12.1 Å². The van der Waals surface area contributed by atoms with Crippen molar-refractivity contribution in [3.05, 3.63) is 42.7 Å². The van der Waals surface area contributed by atoms with Gasteiger partial charge < -0.3 is 5.32 Å². The molecule has 0 saturated carbocycles. The summed E-state index contributed by atoms with van der Waals surface area (Å²) < 4.78 is 29.3. The van der Waals surface area contributed by atoms with Gasteiger partial charge in [-0.05, 0) is 38.4 Å². The van der Waals surface area contributed by atoms with E-state index in [2.05, 4.69) is 22.1 Å². The number of aromatic nitrogens is 2. The number of benzene rings is 1. The van der Waals surface area contributed by atoms with Crippen molar-refractivity contribution in [2.45, 2.75) is 36.7 Å². The Morgan fingerprint density at radius 2 is 2.09 bits per heavy atom. The first-order chi connectivity index (χ1) is 10.5. The molecule has 2 atom stereocenters. The van der Waals surface area contributed by atoms with Crippen molar-refractivity contribution in [2.24, 2.45) is 0 Å². The number of piperidine rings is 1. The third kappa shape index (κ3) is 3.37. The van der Waals surface area contributed by atoms with Crippen LogP contribution >= 0.6 is 0 Å². The zero-order valence-corrected chi connectivity index (χ0v) is 13.3. The van der Waals surface area contributed by atoms with Gasteiger partial charge in [-0.3, -0.25) is 0 Å². The third-order valence-corrected chi connectivity index (χ3v) is 5.31. The van der Waals surface area contributed by atoms with Crippen LogP contribution in [0.15, 0.2) is 47.6 Å². The Morgan fingerprint density at radius 1 is 1.32 bits per heavy atom. The summed E-state index contributed by atoms with van der Waals surface area (Å²) in [6.45, 7) is 2.89. The van der Waals surface area contributed by atoms with E-state index in [1.165, 1.54) is 6.20 Å². The van der Waals surface area contributed by atoms with Crippen molar-refractivity contribution < 1.29 is 8.42 Å². The van der Waals surface area contributed by atoms with Crippen LogP contribution in [0.1, 0.15) is 19.8 Å². The molecule has 1 aromatic heterocycles. The van der Waals surface area contributed by atoms with Crippen LogP contribution in [-0.4, -0.2) is 36.8 Å². The number of sulfonamides is 1. The Bertz CT molecular complexity index is 727. The molecule has 0 bridgehead atoms. The summed E-state index contributed by atoms with van der Waals surface area (Å²) >= 11 is 0. The molecule has 118 valence electrons. The molecule has 0 amide bonds. The SMILES string of the molecule is CC1CC(NS(=O)(=O)c2cnn(-c3ccccc3)c2)CCN1. The van der Waals surface area contributed by atoms with Crippen molar-refractivity contribution in [1.29, 1.82) is 0 Å². The van der Waals surface area contributed by atoms with Crippen molar-refractivity contribution in [2.75, 3.05) is 6.54 Å². The van der Waals surface area contributed by atoms with E-state index in [-0.39, 0.29) is 10.9 Å². The second kappa shape index (κ2) is 6.20. The minimum Gasteiger partial charge on any atom is -0.314 e. The van der Waals surface area contributed by atoms with Crippen LogP contribution in [0.2, 0.25) is 0 Å². The molecule has 7 heteroatoms. The zero-order valence-electron chi connectivity index (χ0n) is 12.4. The topological polar surface area (TPSA) is 76.0 Å². The first-order valence-corrected chi connectivity index (χ1v) is 8.89. The Labute approximate surface area is 130 Å². The van der Waals surface area contributed by atoms with E-state index >= 15 is 0 Å². The normalized spacial score (nSPS) is 22.6. The fourth-order valence-corrected chi connectivity index (χ4v) is 3.91. The van der Waals surface area contributed by atoms with Crippen LogP contribution in [0.5, 0.6) is 0 Å². The van der Waals surface area contributed by atoms with Gasteiger partial charge in [0.05, 0.1) is 18.1 Å². The van der Waals surface area contributed by atoms with Crippen molar-refractivity contribution >= 4 is 10.0 Å². The smallest absolute Gasteiger partial charge is 0.243 e. The molecule has 3 rings (SSSR count). The minimum absolute atomic E-state index is 0.0266. The molecular formula is C15H20N4O2S. The molecular weight excluding hydrogens is 300 g/mol. The summed E-state index contributed by atoms with van der Waals surface area (Å²) in [5.41, 5.74) is 0.833. The van der Waals surface area contributed by atoms with Crippen LogP contribution in [0.4, 0.5) is 0 Å². The Morgan fingerprint density at radius 3 is 2.82 bits per heavy atom. The average Bonchev–Trinajstić information content (AvgIpc) is 2.98. The van der Waals surface area contributed by atoms with E-state index < -0.39 is 10.0 Å². The van der Waals surface area contributed by atoms with E-state index in [4.69, 9.17) is 0 Å². The van der Waals surface area contributed by atoms with Crippen molar-refractivity contribution in [1.82, 2.24) is 19.8 Å². The largest absolute Gasteiger partial charge is 0.314 e. The van der Waals surface area contributed by atoms with Gasteiger partial charge in [0.15, 0.2) is 0 Å². The summed E-state index contributed by atoms with van der Waals surface area (Å²) in [4.78, 5) is 0.197. The Hall–Kier alpha value is -1.70. The fourth-order valence-electron chi connectivity index (χ4n) is 2.69. The second-order valence-corrected chi connectivity index (χ2v) is 7.37. The molecule has 0 radical (unpaired) electrons. The van der Waals surface area contributed by atoms with Crippen LogP contribution in [0.3, 0.4) is 0 Å². The maximum absolute atomic E-state index is 12.5. The number of nitrogens with one attached hydrogen (secondary N) is 2. The van der Waals surface area contributed by atoms with Gasteiger partial charge in [-0.25, -0.2) is 17.8 Å². The highest BCUT2D eigenvalue weighted by atomic mass is 32.2. The van der Waals surface area contributed by atoms with Gasteiger partial charge in [0.2, 0.25) is 10.0 Å². The van der Waals surface area contributed by atoms with Crippen molar-refractivity contribution in [3.63, 3.8) is 0 Å². The number of para-hydroxylation sites is 1. The second-order valence-electron chi connectivity index (χ2n) is 5.65. The molecule has 0 aliphatic carbocycles. The summed E-state index contributed by atoms with van der Waals surface area (Å²) in [6, 6.07) is 9.75. The first-order valence-electron chi connectivity index (χ1n) is 7.40. The van der Waals surface area contributed by atoms with E-state index in [1.807, 2.05) is 30.3 Å². The molecule has 2 N–H and O–H groups in total. The highest BCUT2D eigenvalue weighted by molar-refractivity contribution is 7.89. The highest BCUT2D eigenvalue weighted by Gasteiger charge is 2.25. The standard InChI is InChI=1S/C15H20N4O2S/c1-12-9-13(7-8-16-12)18-22(20,21)15-10-17-19(11-15)14-5-3-2-4-6-14/h2-6,10-13,16,18H,7-9H2,1H3. The molecule has 2 aromatic rings. The van der Waals surface area contributed by atoms with Gasteiger partial charge in [-0.1, -0.05) is 18.2 Å². The maximum Gasteiger partial charge on any atom is 0.243 e. The molecule has 1 fully saturated rings. The highest BCUT2D eigenvalue weighted by Crippen LogP contribution is 2.15. The molecule has 1 aliphatic rings. The molecule has 2 heterocycles. The van der Waals surface area contributed by atoms with E-state index in [0.717, 1.165) is 25.1 Å². The van der Waals surface area contributed by atoms with Gasteiger partial charge in [0.1, 0.15) is 4.90 Å². The summed E-state index contributed by atoms with van der Waals surface area (Å²) in [7, 11) is -3.53. The number of rotatable bonds is 4. The quantitative estimate of drug-likeness (QED) is 0.890. The first kappa shape index (κ1) is 15.2. The average molecular weight is 320 g/mol. The summed E-state index contributed by atoms with van der Waals surface area (Å²) in [6.07, 6.45) is 4.53. The van der Waals surface area contributed by atoms with Gasteiger partial charge in [-0.2, -0.15) is 5.10 Å². The molecule has 1 aliphatic heterocycles. The van der Waals surface area contributed by atoms with Crippen molar-refractivity contribution in [3.8, 4) is 5.69 Å². The van der Waals surface area contributed by atoms with E-state index in [0.29, 0.717) is 6.04 Å². The van der Waals surface area contributed by atoms with Crippen LogP contribution < -0.4 is 10.0 Å². The van der Waals surface area contributed by atoms with Gasteiger partial charge >= 0.3 is 0 Å². The van der Waals surface area contributed by atoms with Crippen LogP contribution in [0.25, 0.3) is 5.69 Å². The van der Waals surface area contributed by atoms with Gasteiger partial charge in [-0.15, -0.1) is 0 Å². The molecule has 1 aromatic carbocycles. The lowest BCUT2D eigenvalue weighted by molar-refractivity contribution is 0.361. The van der Waals surface area contributed by atoms with Gasteiger partial charge in [0.25, 0.3) is 0 Å². The zero-order chi connectivity index (χ0) is 15.6. The van der Waals surface area contributed by atoms with Crippen LogP contribution in [-0.2, 0) is 10.0 Å². The number of nitrogens with zero attached hydrogens (tertiary/aromatic N) is 2. The van der Waals surface area contributed by atoms with E-state index in [1.54, 1.807) is 10.9 Å². The summed E-state index contributed by atoms with van der Waals surface area (Å²) in [5.74, 6) is 0. The molecule has 6 nitrogen and oxygen atoms in total. The summed E-state index contributed by atoms with van der Waals surface area (Å²) in [5, 5.41) is 7.46. The predicted octanol–water partition coefficient (Wildman–Crippen LogP) is 1.29. The lowest BCUT2D eigenvalue weighted by Crippen LogP contribution is -2.46. The molecule has 22 heavy (non-hydrogen) atoms. The molecule has 1 saturated heterocycles.